The van der Waals surface area contributed by atoms with Gasteiger partial charge < -0.3 is 10.4 Å². The van der Waals surface area contributed by atoms with E-state index in [1.165, 1.54) is 11.3 Å². The molecule has 0 spiro atoms. The summed E-state index contributed by atoms with van der Waals surface area (Å²) >= 11 is 1.50. The van der Waals surface area contributed by atoms with Crippen molar-refractivity contribution in [2.45, 2.75) is 51.9 Å². The van der Waals surface area contributed by atoms with Gasteiger partial charge in [0.1, 0.15) is 5.69 Å². The Bertz CT molecular complexity index is 463. The Morgan fingerprint density at radius 1 is 1.30 bits per heavy atom. The number of carboxylic acids is 1. The molecule has 0 unspecified atom stereocenters. The summed E-state index contributed by atoms with van der Waals surface area (Å²) in [6.07, 6.45) is 2.43. The number of aliphatic carboxylic acids is 1. The van der Waals surface area contributed by atoms with E-state index in [9.17, 15) is 9.59 Å². The van der Waals surface area contributed by atoms with Crippen LogP contribution in [0.2, 0.25) is 0 Å². The van der Waals surface area contributed by atoms with Crippen LogP contribution in [0.1, 0.15) is 62.0 Å². The molecule has 112 valence electrons. The molecule has 0 saturated heterocycles. The van der Waals surface area contributed by atoms with E-state index in [0.717, 1.165) is 17.8 Å². The Hall–Kier alpha value is -1.43. The molecule has 0 saturated carbocycles. The normalized spacial score (nSPS) is 11.3. The van der Waals surface area contributed by atoms with E-state index < -0.39 is 5.97 Å². The molecule has 1 aromatic rings. The number of aromatic nitrogens is 1. The number of rotatable bonds is 7. The SMILES string of the molecule is CC(C)(C)c1nc(C(=O)NCCCCCC(=O)O)cs1. The van der Waals surface area contributed by atoms with Crippen LogP contribution in [0.25, 0.3) is 0 Å². The average molecular weight is 298 g/mol. The Kier molecular flexibility index (Phi) is 6.13. The minimum Gasteiger partial charge on any atom is -0.481 e. The highest BCUT2D eigenvalue weighted by Gasteiger charge is 2.20. The van der Waals surface area contributed by atoms with Gasteiger partial charge in [-0.3, -0.25) is 9.59 Å². The third-order valence-corrected chi connectivity index (χ3v) is 4.00. The number of hydrogen-bond donors (Lipinski definition) is 2. The second-order valence-corrected chi connectivity index (χ2v) is 6.61. The Labute approximate surface area is 123 Å². The first kappa shape index (κ1) is 16.6. The van der Waals surface area contributed by atoms with Crippen LogP contribution < -0.4 is 5.32 Å². The molecular formula is C14H22N2O3S. The van der Waals surface area contributed by atoms with Crippen LogP contribution in [0, 0.1) is 0 Å². The van der Waals surface area contributed by atoms with E-state index in [1.807, 2.05) is 0 Å². The van der Waals surface area contributed by atoms with Gasteiger partial charge in [0.2, 0.25) is 0 Å². The van der Waals surface area contributed by atoms with E-state index in [2.05, 4.69) is 31.1 Å². The number of carbonyl (C=O) groups excluding carboxylic acids is 1. The molecule has 0 atom stereocenters. The van der Waals surface area contributed by atoms with Crippen molar-refractivity contribution in [3.63, 3.8) is 0 Å². The lowest BCUT2D eigenvalue weighted by Crippen LogP contribution is -2.25. The second-order valence-electron chi connectivity index (χ2n) is 5.75. The molecular weight excluding hydrogens is 276 g/mol. The van der Waals surface area contributed by atoms with Crippen LogP contribution in [0.15, 0.2) is 5.38 Å². The molecule has 0 fully saturated rings. The zero-order valence-electron chi connectivity index (χ0n) is 12.2. The first-order chi connectivity index (χ1) is 9.30. The highest BCUT2D eigenvalue weighted by molar-refractivity contribution is 7.10. The fourth-order valence-electron chi connectivity index (χ4n) is 1.59. The molecule has 5 nitrogen and oxygen atoms in total. The lowest BCUT2D eigenvalue weighted by Gasteiger charge is -2.13. The molecule has 6 heteroatoms. The van der Waals surface area contributed by atoms with Crippen LogP contribution in [-0.2, 0) is 10.2 Å². The molecule has 1 aromatic heterocycles. The first-order valence-corrected chi connectivity index (χ1v) is 7.64. The summed E-state index contributed by atoms with van der Waals surface area (Å²) in [5.41, 5.74) is 0.422. The Morgan fingerprint density at radius 2 is 2.00 bits per heavy atom. The number of thiazole rings is 1. The van der Waals surface area contributed by atoms with Crippen LogP contribution in [0.4, 0.5) is 0 Å². The summed E-state index contributed by atoms with van der Waals surface area (Å²) in [6.45, 7) is 6.75. The van der Waals surface area contributed by atoms with Crippen LogP contribution in [0.5, 0.6) is 0 Å². The number of amides is 1. The van der Waals surface area contributed by atoms with Gasteiger partial charge in [0.25, 0.3) is 5.91 Å². The molecule has 20 heavy (non-hydrogen) atoms. The summed E-state index contributed by atoms with van der Waals surface area (Å²) in [4.78, 5) is 26.5. The molecule has 0 aliphatic carbocycles. The van der Waals surface area contributed by atoms with Crippen molar-refractivity contribution in [3.8, 4) is 0 Å². The Morgan fingerprint density at radius 3 is 2.55 bits per heavy atom. The minimum atomic E-state index is -0.772. The van der Waals surface area contributed by atoms with Gasteiger partial charge in [-0.15, -0.1) is 11.3 Å². The average Bonchev–Trinajstić information content (AvgIpc) is 2.82. The van der Waals surface area contributed by atoms with Gasteiger partial charge in [-0.1, -0.05) is 27.2 Å². The highest BCUT2D eigenvalue weighted by Crippen LogP contribution is 2.25. The van der Waals surface area contributed by atoms with Crippen molar-refractivity contribution in [2.75, 3.05) is 6.54 Å². The standard InChI is InChI=1S/C14H22N2O3S/c1-14(2,3)13-16-10(9-20-13)12(19)15-8-6-4-5-7-11(17)18/h9H,4-8H2,1-3H3,(H,15,19)(H,17,18). The molecule has 2 N–H and O–H groups in total. The Balaban J connectivity index is 2.29. The van der Waals surface area contributed by atoms with Crippen molar-refractivity contribution in [1.82, 2.24) is 10.3 Å². The largest absolute Gasteiger partial charge is 0.481 e. The summed E-state index contributed by atoms with van der Waals surface area (Å²) in [6, 6.07) is 0. The summed E-state index contributed by atoms with van der Waals surface area (Å²) in [7, 11) is 0. The number of carboxylic acid groups (broad SMARTS) is 1. The lowest BCUT2D eigenvalue weighted by molar-refractivity contribution is -0.137. The number of nitrogens with one attached hydrogen (secondary N) is 1. The van der Waals surface area contributed by atoms with Crippen molar-refractivity contribution in [1.29, 1.82) is 0 Å². The predicted octanol–water partition coefficient (Wildman–Crippen LogP) is 2.82. The molecule has 0 radical (unpaired) electrons. The minimum absolute atomic E-state index is 0.0416. The number of unbranched alkanes of at least 4 members (excludes halogenated alkanes) is 2. The van der Waals surface area contributed by atoms with E-state index in [1.54, 1.807) is 5.38 Å². The van der Waals surface area contributed by atoms with Crippen LogP contribution in [0.3, 0.4) is 0 Å². The van der Waals surface area contributed by atoms with Crippen molar-refractivity contribution < 1.29 is 14.7 Å². The molecule has 0 aliphatic rings. The molecule has 1 heterocycles. The number of nitrogens with zero attached hydrogens (tertiary/aromatic N) is 1. The predicted molar refractivity (Wildman–Crippen MR) is 79.3 cm³/mol. The van der Waals surface area contributed by atoms with Crippen molar-refractivity contribution in [2.24, 2.45) is 0 Å². The smallest absolute Gasteiger partial charge is 0.303 e. The third-order valence-electron chi connectivity index (χ3n) is 2.73. The molecule has 1 rings (SSSR count). The zero-order valence-corrected chi connectivity index (χ0v) is 13.0. The molecule has 0 bridgehead atoms. The second kappa shape index (κ2) is 7.38. The van der Waals surface area contributed by atoms with E-state index in [-0.39, 0.29) is 17.7 Å². The summed E-state index contributed by atoms with van der Waals surface area (Å²) in [5.74, 6) is -0.929. The fraction of sp³-hybridized carbons (Fsp3) is 0.643. The highest BCUT2D eigenvalue weighted by atomic mass is 32.1. The van der Waals surface area contributed by atoms with Crippen LogP contribution in [-0.4, -0.2) is 28.5 Å². The maximum atomic E-state index is 11.9. The molecule has 0 aliphatic heterocycles. The van der Waals surface area contributed by atoms with E-state index in [0.29, 0.717) is 18.7 Å². The van der Waals surface area contributed by atoms with Gasteiger partial charge in [0.05, 0.1) is 5.01 Å². The van der Waals surface area contributed by atoms with E-state index in [4.69, 9.17) is 5.11 Å². The number of carbonyl (C=O) groups is 2. The third kappa shape index (κ3) is 5.69. The quantitative estimate of drug-likeness (QED) is 0.759. The van der Waals surface area contributed by atoms with Crippen LogP contribution >= 0.6 is 11.3 Å². The van der Waals surface area contributed by atoms with Gasteiger partial charge in [-0.2, -0.15) is 0 Å². The van der Waals surface area contributed by atoms with Gasteiger partial charge in [0.15, 0.2) is 0 Å². The molecule has 0 aromatic carbocycles. The van der Waals surface area contributed by atoms with Gasteiger partial charge in [-0.25, -0.2) is 4.98 Å². The summed E-state index contributed by atoms with van der Waals surface area (Å²) in [5, 5.41) is 14.0. The topological polar surface area (TPSA) is 79.3 Å². The maximum absolute atomic E-state index is 11.9. The van der Waals surface area contributed by atoms with E-state index >= 15 is 0 Å². The van der Waals surface area contributed by atoms with Gasteiger partial charge in [-0.05, 0) is 12.8 Å². The lowest BCUT2D eigenvalue weighted by atomic mass is 9.98. The number of hydrogen-bond acceptors (Lipinski definition) is 4. The molecule has 1 amide bonds. The summed E-state index contributed by atoms with van der Waals surface area (Å²) < 4.78 is 0. The maximum Gasteiger partial charge on any atom is 0.303 e. The van der Waals surface area contributed by atoms with Crippen molar-refractivity contribution >= 4 is 23.2 Å². The van der Waals surface area contributed by atoms with Crippen molar-refractivity contribution in [3.05, 3.63) is 16.1 Å². The first-order valence-electron chi connectivity index (χ1n) is 6.76. The van der Waals surface area contributed by atoms with Gasteiger partial charge >= 0.3 is 5.97 Å². The fourth-order valence-corrected chi connectivity index (χ4v) is 2.48. The monoisotopic (exact) mass is 298 g/mol. The zero-order chi connectivity index (χ0) is 15.2. The van der Waals surface area contributed by atoms with Gasteiger partial charge in [0, 0.05) is 23.8 Å².